The van der Waals surface area contributed by atoms with Gasteiger partial charge in [-0.2, -0.15) is 0 Å². The summed E-state index contributed by atoms with van der Waals surface area (Å²) >= 11 is 0. The molecule has 0 fully saturated rings. The van der Waals surface area contributed by atoms with Crippen molar-refractivity contribution in [1.29, 1.82) is 0 Å². The van der Waals surface area contributed by atoms with Crippen molar-refractivity contribution in [3.05, 3.63) is 58.8 Å². The topological polar surface area (TPSA) is 57.0 Å². The minimum Gasteiger partial charge on any atom is -0.494 e. The maximum absolute atomic E-state index is 12.7. The molecule has 0 aliphatic carbocycles. The molecule has 3 rings (SSSR count). The molecule has 0 spiro atoms. The van der Waals surface area contributed by atoms with E-state index in [1.807, 2.05) is 31.2 Å². The minimum atomic E-state index is -0.126. The molecule has 5 heteroatoms. The predicted molar refractivity (Wildman–Crippen MR) is 81.0 cm³/mol. The first-order valence-electron chi connectivity index (χ1n) is 6.78. The van der Waals surface area contributed by atoms with E-state index in [2.05, 4.69) is 9.97 Å². The zero-order valence-corrected chi connectivity index (χ0v) is 11.9. The molecule has 2 aromatic heterocycles. The summed E-state index contributed by atoms with van der Waals surface area (Å²) in [4.78, 5) is 21.2. The highest BCUT2D eigenvalue weighted by Crippen LogP contribution is 2.17. The molecule has 2 heterocycles. The summed E-state index contributed by atoms with van der Waals surface area (Å²) < 4.78 is 7.06. The molecule has 0 radical (unpaired) electrons. The van der Waals surface area contributed by atoms with Crippen LogP contribution in [-0.2, 0) is 0 Å². The van der Waals surface area contributed by atoms with E-state index in [1.54, 1.807) is 29.8 Å². The molecule has 0 bridgehead atoms. The molecule has 0 amide bonds. The Labute approximate surface area is 121 Å². The lowest BCUT2D eigenvalue weighted by Crippen LogP contribution is -2.22. The third-order valence-electron chi connectivity index (χ3n) is 3.20. The van der Waals surface area contributed by atoms with E-state index in [9.17, 15) is 4.79 Å². The summed E-state index contributed by atoms with van der Waals surface area (Å²) in [6, 6.07) is 10.9. The predicted octanol–water partition coefficient (Wildman–Crippen LogP) is 2.49. The standard InChI is InChI=1S/C16H15N3O2/c1-3-21-13-7-4-6-12(10-13)19-11(2)18-15-14(16(19)20)8-5-9-17-15/h4-10H,3H2,1-2H3. The second-order valence-corrected chi connectivity index (χ2v) is 4.60. The van der Waals surface area contributed by atoms with E-state index in [-0.39, 0.29) is 5.56 Å². The smallest absolute Gasteiger partial charge is 0.267 e. The number of ether oxygens (including phenoxy) is 1. The van der Waals surface area contributed by atoms with Gasteiger partial charge in [0.05, 0.1) is 17.7 Å². The highest BCUT2D eigenvalue weighted by atomic mass is 16.5. The van der Waals surface area contributed by atoms with E-state index in [0.717, 1.165) is 11.4 Å². The largest absolute Gasteiger partial charge is 0.494 e. The lowest BCUT2D eigenvalue weighted by Gasteiger charge is -2.11. The number of pyridine rings is 1. The molecule has 5 nitrogen and oxygen atoms in total. The van der Waals surface area contributed by atoms with Gasteiger partial charge in [0.25, 0.3) is 5.56 Å². The zero-order chi connectivity index (χ0) is 14.8. The number of hydrogen-bond donors (Lipinski definition) is 0. The molecule has 1 aromatic carbocycles. The van der Waals surface area contributed by atoms with Gasteiger partial charge in [0.1, 0.15) is 11.6 Å². The zero-order valence-electron chi connectivity index (χ0n) is 11.9. The van der Waals surface area contributed by atoms with Gasteiger partial charge < -0.3 is 4.74 Å². The van der Waals surface area contributed by atoms with Crippen molar-refractivity contribution >= 4 is 11.0 Å². The van der Waals surface area contributed by atoms with E-state index in [1.165, 1.54) is 0 Å². The van der Waals surface area contributed by atoms with Gasteiger partial charge in [0.2, 0.25) is 0 Å². The van der Waals surface area contributed by atoms with Crippen LogP contribution < -0.4 is 10.3 Å². The Bertz CT molecular complexity index is 856. The molecule has 0 saturated carbocycles. The van der Waals surface area contributed by atoms with E-state index < -0.39 is 0 Å². The fraction of sp³-hybridized carbons (Fsp3) is 0.188. The number of benzene rings is 1. The van der Waals surface area contributed by atoms with Gasteiger partial charge >= 0.3 is 0 Å². The fourth-order valence-corrected chi connectivity index (χ4v) is 2.31. The Morgan fingerprint density at radius 1 is 1.24 bits per heavy atom. The monoisotopic (exact) mass is 281 g/mol. The van der Waals surface area contributed by atoms with Crippen LogP contribution in [0.3, 0.4) is 0 Å². The maximum Gasteiger partial charge on any atom is 0.267 e. The SMILES string of the molecule is CCOc1cccc(-n2c(C)nc3ncccc3c2=O)c1. The molecule has 21 heavy (non-hydrogen) atoms. The van der Waals surface area contributed by atoms with E-state index >= 15 is 0 Å². The Morgan fingerprint density at radius 3 is 2.90 bits per heavy atom. The minimum absolute atomic E-state index is 0.126. The number of aryl methyl sites for hydroxylation is 1. The van der Waals surface area contributed by atoms with Crippen LogP contribution in [0.15, 0.2) is 47.4 Å². The molecular formula is C16H15N3O2. The second-order valence-electron chi connectivity index (χ2n) is 4.60. The van der Waals surface area contributed by atoms with Crippen molar-refractivity contribution in [2.75, 3.05) is 6.61 Å². The van der Waals surface area contributed by atoms with Crippen molar-refractivity contribution in [3.8, 4) is 11.4 Å². The molecule has 0 N–H and O–H groups in total. The van der Waals surface area contributed by atoms with Gasteiger partial charge in [-0.1, -0.05) is 6.07 Å². The van der Waals surface area contributed by atoms with Crippen LogP contribution in [-0.4, -0.2) is 21.1 Å². The number of aromatic nitrogens is 3. The summed E-state index contributed by atoms with van der Waals surface area (Å²) in [5.41, 5.74) is 1.08. The van der Waals surface area contributed by atoms with Crippen LogP contribution >= 0.6 is 0 Å². The molecule has 0 atom stereocenters. The second kappa shape index (κ2) is 5.36. The highest BCUT2D eigenvalue weighted by molar-refractivity contribution is 5.73. The van der Waals surface area contributed by atoms with Gasteiger partial charge in [-0.05, 0) is 38.1 Å². The quantitative estimate of drug-likeness (QED) is 0.740. The maximum atomic E-state index is 12.7. The first-order chi connectivity index (χ1) is 10.2. The van der Waals surface area contributed by atoms with Crippen molar-refractivity contribution < 1.29 is 4.74 Å². The van der Waals surface area contributed by atoms with Gasteiger partial charge in [0.15, 0.2) is 5.65 Å². The van der Waals surface area contributed by atoms with Gasteiger partial charge in [-0.15, -0.1) is 0 Å². The van der Waals surface area contributed by atoms with Crippen LogP contribution in [0.2, 0.25) is 0 Å². The Morgan fingerprint density at radius 2 is 2.10 bits per heavy atom. The molecule has 3 aromatic rings. The summed E-state index contributed by atoms with van der Waals surface area (Å²) in [6.07, 6.45) is 1.63. The third-order valence-corrected chi connectivity index (χ3v) is 3.20. The van der Waals surface area contributed by atoms with Crippen LogP contribution in [0.4, 0.5) is 0 Å². The van der Waals surface area contributed by atoms with Crippen molar-refractivity contribution in [3.63, 3.8) is 0 Å². The van der Waals surface area contributed by atoms with E-state index in [0.29, 0.717) is 23.5 Å². The molecule has 106 valence electrons. The summed E-state index contributed by atoms with van der Waals surface area (Å²) in [5.74, 6) is 1.33. The average Bonchev–Trinajstić information content (AvgIpc) is 2.48. The van der Waals surface area contributed by atoms with Gasteiger partial charge in [-0.25, -0.2) is 9.97 Å². The van der Waals surface area contributed by atoms with E-state index in [4.69, 9.17) is 4.74 Å². The number of fused-ring (bicyclic) bond motifs is 1. The molecular weight excluding hydrogens is 266 g/mol. The lowest BCUT2D eigenvalue weighted by molar-refractivity contribution is 0.340. The lowest BCUT2D eigenvalue weighted by atomic mass is 10.2. The molecule has 0 aliphatic heterocycles. The Hall–Kier alpha value is -2.69. The van der Waals surface area contributed by atoms with Crippen LogP contribution in [0.25, 0.3) is 16.7 Å². The molecule has 0 unspecified atom stereocenters. The summed E-state index contributed by atoms with van der Waals surface area (Å²) in [5, 5.41) is 0.505. The molecule has 0 aliphatic rings. The van der Waals surface area contributed by atoms with Crippen molar-refractivity contribution in [2.45, 2.75) is 13.8 Å². The average molecular weight is 281 g/mol. The summed E-state index contributed by atoms with van der Waals surface area (Å²) in [7, 11) is 0. The van der Waals surface area contributed by atoms with Crippen LogP contribution in [0.5, 0.6) is 5.75 Å². The Kier molecular flexibility index (Phi) is 3.39. The Balaban J connectivity index is 2.25. The normalized spacial score (nSPS) is 10.8. The first kappa shape index (κ1) is 13.3. The number of rotatable bonds is 3. The van der Waals surface area contributed by atoms with Crippen LogP contribution in [0.1, 0.15) is 12.7 Å². The fourth-order valence-electron chi connectivity index (χ4n) is 2.31. The first-order valence-corrected chi connectivity index (χ1v) is 6.78. The summed E-state index contributed by atoms with van der Waals surface area (Å²) in [6.45, 7) is 4.30. The van der Waals surface area contributed by atoms with Crippen LogP contribution in [0, 0.1) is 6.92 Å². The third kappa shape index (κ3) is 2.38. The highest BCUT2D eigenvalue weighted by Gasteiger charge is 2.10. The number of nitrogens with zero attached hydrogens (tertiary/aromatic N) is 3. The number of hydrogen-bond acceptors (Lipinski definition) is 4. The van der Waals surface area contributed by atoms with Gasteiger partial charge in [-0.3, -0.25) is 9.36 Å². The molecule has 0 saturated heterocycles. The van der Waals surface area contributed by atoms with Crippen molar-refractivity contribution in [2.24, 2.45) is 0 Å². The van der Waals surface area contributed by atoms with Crippen molar-refractivity contribution in [1.82, 2.24) is 14.5 Å². The van der Waals surface area contributed by atoms with Gasteiger partial charge in [0, 0.05) is 12.3 Å².